The number of hydrogen-bond acceptors (Lipinski definition) is 4. The van der Waals surface area contributed by atoms with E-state index in [9.17, 15) is 4.79 Å². The molecule has 1 aromatic heterocycles. The summed E-state index contributed by atoms with van der Waals surface area (Å²) in [6.45, 7) is 5.65. The fourth-order valence-corrected chi connectivity index (χ4v) is 3.62. The molecule has 6 nitrogen and oxygen atoms in total. The van der Waals surface area contributed by atoms with Crippen LogP contribution in [0.2, 0.25) is 0 Å². The predicted octanol–water partition coefficient (Wildman–Crippen LogP) is 3.42. The molecule has 1 unspecified atom stereocenters. The molecule has 0 aliphatic carbocycles. The topological polar surface area (TPSA) is 60.5 Å². The molecule has 0 bridgehead atoms. The zero-order valence-corrected chi connectivity index (χ0v) is 17.8. The molecule has 156 valence electrons. The third kappa shape index (κ3) is 6.46. The number of nitrogens with one attached hydrogen (secondary N) is 2. The highest BCUT2D eigenvalue weighted by molar-refractivity contribution is 5.74. The van der Waals surface area contributed by atoms with Crippen LogP contribution in [0.25, 0.3) is 0 Å². The molecule has 1 fully saturated rings. The van der Waals surface area contributed by atoms with E-state index in [1.807, 2.05) is 50.6 Å². The van der Waals surface area contributed by atoms with Crippen molar-refractivity contribution in [2.45, 2.75) is 32.4 Å². The number of hydrogen-bond donors (Lipinski definition) is 2. The van der Waals surface area contributed by atoms with E-state index in [2.05, 4.69) is 44.5 Å². The van der Waals surface area contributed by atoms with E-state index in [1.54, 1.807) is 0 Å². The lowest BCUT2D eigenvalue weighted by Crippen LogP contribution is -2.41. The summed E-state index contributed by atoms with van der Waals surface area (Å²) in [7, 11) is 4.01. The van der Waals surface area contributed by atoms with Gasteiger partial charge in [0.15, 0.2) is 0 Å². The Morgan fingerprint density at radius 3 is 2.52 bits per heavy atom. The summed E-state index contributed by atoms with van der Waals surface area (Å²) >= 11 is 0. The average molecular weight is 396 g/mol. The first-order valence-corrected chi connectivity index (χ1v) is 10.4. The van der Waals surface area contributed by atoms with E-state index < -0.39 is 0 Å². The Morgan fingerprint density at radius 1 is 1.17 bits per heavy atom. The number of benzene rings is 1. The molecule has 1 saturated heterocycles. The van der Waals surface area contributed by atoms with Gasteiger partial charge < -0.3 is 20.4 Å². The fraction of sp³-hybridized carbons (Fsp3) is 0.478. The maximum Gasteiger partial charge on any atom is 0.315 e. The molecule has 29 heavy (non-hydrogen) atoms. The Balaban J connectivity index is 1.51. The van der Waals surface area contributed by atoms with Gasteiger partial charge in [0.1, 0.15) is 5.82 Å². The third-order valence-corrected chi connectivity index (χ3v) is 5.42. The van der Waals surface area contributed by atoms with Crippen LogP contribution in [0.5, 0.6) is 0 Å². The van der Waals surface area contributed by atoms with Gasteiger partial charge in [-0.2, -0.15) is 0 Å². The third-order valence-electron chi connectivity index (χ3n) is 5.42. The van der Waals surface area contributed by atoms with Gasteiger partial charge in [-0.1, -0.05) is 43.3 Å². The van der Waals surface area contributed by atoms with Crippen molar-refractivity contribution < 1.29 is 4.79 Å². The van der Waals surface area contributed by atoms with Gasteiger partial charge in [0.25, 0.3) is 0 Å². The number of piperidine rings is 1. The molecule has 3 rings (SSSR count). The molecule has 0 saturated carbocycles. The lowest BCUT2D eigenvalue weighted by atomic mass is 9.99. The number of aromatic nitrogens is 1. The minimum absolute atomic E-state index is 0.0619. The van der Waals surface area contributed by atoms with Crippen molar-refractivity contribution in [1.29, 1.82) is 0 Å². The maximum atomic E-state index is 12.5. The summed E-state index contributed by atoms with van der Waals surface area (Å²) in [4.78, 5) is 21.5. The highest BCUT2D eigenvalue weighted by atomic mass is 16.2. The van der Waals surface area contributed by atoms with Crippen molar-refractivity contribution in [3.63, 3.8) is 0 Å². The van der Waals surface area contributed by atoms with E-state index in [-0.39, 0.29) is 12.1 Å². The van der Waals surface area contributed by atoms with E-state index in [0.29, 0.717) is 6.54 Å². The van der Waals surface area contributed by atoms with Gasteiger partial charge in [-0.15, -0.1) is 0 Å². The number of urea groups is 1. The molecule has 2 N–H and O–H groups in total. The molecule has 0 radical (unpaired) electrons. The fourth-order valence-electron chi connectivity index (χ4n) is 3.62. The second-order valence-electron chi connectivity index (χ2n) is 8.25. The Hall–Kier alpha value is -2.60. The van der Waals surface area contributed by atoms with E-state index in [0.717, 1.165) is 42.5 Å². The molecule has 1 aromatic carbocycles. The summed E-state index contributed by atoms with van der Waals surface area (Å²) in [6, 6.07) is 13.9. The van der Waals surface area contributed by atoms with Gasteiger partial charge in [-0.25, -0.2) is 9.78 Å². The molecular formula is C23H33N5O. The van der Waals surface area contributed by atoms with Gasteiger partial charge in [0.2, 0.25) is 0 Å². The number of likely N-dealkylation sites (N-methyl/N-ethyl adjacent to an activating group) is 1. The van der Waals surface area contributed by atoms with Crippen molar-refractivity contribution in [1.82, 2.24) is 20.5 Å². The van der Waals surface area contributed by atoms with Crippen LogP contribution in [0.1, 0.15) is 36.9 Å². The minimum atomic E-state index is -0.171. The van der Waals surface area contributed by atoms with Crippen LogP contribution >= 0.6 is 0 Å². The summed E-state index contributed by atoms with van der Waals surface area (Å²) < 4.78 is 0. The zero-order valence-electron chi connectivity index (χ0n) is 17.8. The highest BCUT2D eigenvalue weighted by Crippen LogP contribution is 2.21. The summed E-state index contributed by atoms with van der Waals surface area (Å²) in [5.74, 6) is 1.83. The Bertz CT molecular complexity index is 755. The molecule has 1 aliphatic rings. The Kier molecular flexibility index (Phi) is 7.47. The average Bonchev–Trinajstić information content (AvgIpc) is 2.73. The monoisotopic (exact) mass is 395 g/mol. The molecule has 2 amide bonds. The van der Waals surface area contributed by atoms with Crippen molar-refractivity contribution in [3.05, 3.63) is 59.8 Å². The molecule has 0 spiro atoms. The first kappa shape index (κ1) is 21.1. The standard InChI is InChI=1S/C23H33N5O/c1-18-11-13-28(14-12-18)22-10-9-19(15-24-22)16-25-23(29)26-21(17-27(2)3)20-7-5-4-6-8-20/h4-10,15,18,21H,11-14,16-17H2,1-3H3,(H2,25,26,29). The quantitative estimate of drug-likeness (QED) is 0.754. The minimum Gasteiger partial charge on any atom is -0.357 e. The molecule has 1 atom stereocenters. The van der Waals surface area contributed by atoms with E-state index >= 15 is 0 Å². The number of pyridine rings is 1. The van der Waals surface area contributed by atoms with Crippen LogP contribution < -0.4 is 15.5 Å². The van der Waals surface area contributed by atoms with Crippen molar-refractivity contribution >= 4 is 11.8 Å². The second-order valence-corrected chi connectivity index (χ2v) is 8.25. The van der Waals surface area contributed by atoms with Crippen molar-refractivity contribution in [2.75, 3.05) is 38.6 Å². The largest absolute Gasteiger partial charge is 0.357 e. The van der Waals surface area contributed by atoms with Crippen molar-refractivity contribution in [3.8, 4) is 0 Å². The number of amides is 2. The van der Waals surface area contributed by atoms with Gasteiger partial charge in [-0.05, 0) is 50.0 Å². The molecule has 1 aliphatic heterocycles. The van der Waals surface area contributed by atoms with Gasteiger partial charge in [0.05, 0.1) is 6.04 Å². The van der Waals surface area contributed by atoms with Crippen LogP contribution in [-0.4, -0.2) is 49.6 Å². The van der Waals surface area contributed by atoms with Crippen LogP contribution in [0.3, 0.4) is 0 Å². The SMILES string of the molecule is CC1CCN(c2ccc(CNC(=O)NC(CN(C)C)c3ccccc3)cn2)CC1. The normalized spacial score (nSPS) is 15.9. The lowest BCUT2D eigenvalue weighted by molar-refractivity contribution is 0.232. The van der Waals surface area contributed by atoms with E-state index in [4.69, 9.17) is 0 Å². The summed E-state index contributed by atoms with van der Waals surface area (Å²) in [5, 5.41) is 6.04. The van der Waals surface area contributed by atoms with Crippen LogP contribution in [0.4, 0.5) is 10.6 Å². The van der Waals surface area contributed by atoms with Gasteiger partial charge in [0, 0.05) is 32.4 Å². The summed E-state index contributed by atoms with van der Waals surface area (Å²) in [6.07, 6.45) is 4.31. The lowest BCUT2D eigenvalue weighted by Gasteiger charge is -2.31. The maximum absolute atomic E-state index is 12.5. The summed E-state index contributed by atoms with van der Waals surface area (Å²) in [5.41, 5.74) is 2.09. The first-order chi connectivity index (χ1) is 14.0. The molecule has 6 heteroatoms. The predicted molar refractivity (Wildman–Crippen MR) is 118 cm³/mol. The highest BCUT2D eigenvalue weighted by Gasteiger charge is 2.17. The van der Waals surface area contributed by atoms with Crippen LogP contribution in [0, 0.1) is 5.92 Å². The van der Waals surface area contributed by atoms with Crippen molar-refractivity contribution in [2.24, 2.45) is 5.92 Å². The number of nitrogens with zero attached hydrogens (tertiary/aromatic N) is 3. The Labute approximate surface area is 174 Å². The van der Waals surface area contributed by atoms with Crippen LogP contribution in [-0.2, 0) is 6.54 Å². The second kappa shape index (κ2) is 10.3. The Morgan fingerprint density at radius 2 is 1.90 bits per heavy atom. The number of rotatable bonds is 7. The number of anilines is 1. The number of carbonyl (C=O) groups excluding carboxylic acids is 1. The van der Waals surface area contributed by atoms with E-state index in [1.165, 1.54) is 12.8 Å². The number of carbonyl (C=O) groups is 1. The van der Waals surface area contributed by atoms with Crippen LogP contribution in [0.15, 0.2) is 48.7 Å². The molecular weight excluding hydrogens is 362 g/mol. The van der Waals surface area contributed by atoms with Gasteiger partial charge in [-0.3, -0.25) is 0 Å². The molecule has 2 heterocycles. The first-order valence-electron chi connectivity index (χ1n) is 10.4. The molecule has 2 aromatic rings. The van der Waals surface area contributed by atoms with Gasteiger partial charge >= 0.3 is 6.03 Å². The zero-order chi connectivity index (χ0) is 20.6. The smallest absolute Gasteiger partial charge is 0.315 e.